The van der Waals surface area contributed by atoms with E-state index in [4.69, 9.17) is 10.5 Å². The summed E-state index contributed by atoms with van der Waals surface area (Å²) in [5.41, 5.74) is 9.02. The van der Waals surface area contributed by atoms with Crippen LogP contribution in [0.4, 0.5) is 5.82 Å². The number of hydrogen-bond donors (Lipinski definition) is 1. The normalized spacial score (nSPS) is 11.1. The molecular weight excluding hydrogens is 306 g/mol. The Hall–Kier alpha value is -1.49. The largest absolute Gasteiger partial charge is 0.496 e. The van der Waals surface area contributed by atoms with Crippen molar-refractivity contribution in [1.29, 1.82) is 0 Å². The molecule has 0 aliphatic carbocycles. The minimum absolute atomic E-state index is 0.453. The third kappa shape index (κ3) is 2.47. The topological polar surface area (TPSA) is 53.1 Å². The Kier molecular flexibility index (Phi) is 3.85. The van der Waals surface area contributed by atoms with Gasteiger partial charge in [0.05, 0.1) is 17.3 Å². The molecule has 0 unspecified atom stereocenters. The van der Waals surface area contributed by atoms with Crippen molar-refractivity contribution < 1.29 is 4.74 Å². The Morgan fingerprint density at radius 2 is 2.05 bits per heavy atom. The molecule has 102 valence electrons. The number of aromatic nitrogens is 2. The molecule has 0 saturated carbocycles. The first-order valence-electron chi connectivity index (χ1n) is 6.12. The van der Waals surface area contributed by atoms with Crippen molar-refractivity contribution in [3.8, 4) is 17.0 Å². The standard InChI is InChI=1S/C14H18BrN3O/c1-8(2)9-5-6-11(19-4)10(7-9)13-12(15)14(16)17-18(13)3/h5-8H,1-4H3,(H2,16,17). The molecule has 4 nitrogen and oxygen atoms in total. The minimum Gasteiger partial charge on any atom is -0.496 e. The Morgan fingerprint density at radius 1 is 1.37 bits per heavy atom. The van der Waals surface area contributed by atoms with Crippen LogP contribution < -0.4 is 10.5 Å². The zero-order valence-electron chi connectivity index (χ0n) is 11.6. The first kappa shape index (κ1) is 13.9. The molecule has 0 saturated heterocycles. The van der Waals surface area contributed by atoms with E-state index in [1.165, 1.54) is 5.56 Å². The number of halogens is 1. The van der Waals surface area contributed by atoms with Crippen LogP contribution in [0.25, 0.3) is 11.3 Å². The summed E-state index contributed by atoms with van der Waals surface area (Å²) in [6.07, 6.45) is 0. The SMILES string of the molecule is COc1ccc(C(C)C)cc1-c1c(Br)c(N)nn1C. The van der Waals surface area contributed by atoms with Crippen LogP contribution in [-0.2, 0) is 7.05 Å². The van der Waals surface area contributed by atoms with Gasteiger partial charge in [0.1, 0.15) is 5.75 Å². The van der Waals surface area contributed by atoms with E-state index in [2.05, 4.69) is 47.0 Å². The predicted molar refractivity (Wildman–Crippen MR) is 81.4 cm³/mol. The van der Waals surface area contributed by atoms with E-state index in [9.17, 15) is 0 Å². The van der Waals surface area contributed by atoms with E-state index in [0.29, 0.717) is 11.7 Å². The first-order valence-corrected chi connectivity index (χ1v) is 6.91. The fraction of sp³-hybridized carbons (Fsp3) is 0.357. The van der Waals surface area contributed by atoms with Crippen LogP contribution in [0, 0.1) is 0 Å². The maximum absolute atomic E-state index is 5.85. The lowest BCUT2D eigenvalue weighted by molar-refractivity contribution is 0.416. The number of nitrogens with two attached hydrogens (primary N) is 1. The van der Waals surface area contributed by atoms with Crippen LogP contribution in [-0.4, -0.2) is 16.9 Å². The van der Waals surface area contributed by atoms with Crippen molar-refractivity contribution in [2.45, 2.75) is 19.8 Å². The number of anilines is 1. The van der Waals surface area contributed by atoms with Gasteiger partial charge >= 0.3 is 0 Å². The van der Waals surface area contributed by atoms with Crippen molar-refractivity contribution in [1.82, 2.24) is 9.78 Å². The predicted octanol–water partition coefficient (Wildman–Crippen LogP) is 3.56. The second-order valence-corrected chi connectivity index (χ2v) is 5.58. The van der Waals surface area contributed by atoms with Crippen molar-refractivity contribution in [3.05, 3.63) is 28.2 Å². The summed E-state index contributed by atoms with van der Waals surface area (Å²) in [7, 11) is 3.54. The van der Waals surface area contributed by atoms with Crippen LogP contribution >= 0.6 is 15.9 Å². The van der Waals surface area contributed by atoms with Gasteiger partial charge in [-0.2, -0.15) is 5.10 Å². The molecule has 2 aromatic rings. The average molecular weight is 324 g/mol. The smallest absolute Gasteiger partial charge is 0.160 e. The zero-order chi connectivity index (χ0) is 14.2. The highest BCUT2D eigenvalue weighted by Crippen LogP contribution is 2.38. The van der Waals surface area contributed by atoms with Gasteiger partial charge in [-0.25, -0.2) is 0 Å². The quantitative estimate of drug-likeness (QED) is 0.939. The molecule has 2 N–H and O–H groups in total. The van der Waals surface area contributed by atoms with Crippen molar-refractivity contribution >= 4 is 21.7 Å². The Labute approximate surface area is 121 Å². The number of nitrogens with zero attached hydrogens (tertiary/aromatic N) is 2. The monoisotopic (exact) mass is 323 g/mol. The number of rotatable bonds is 3. The van der Waals surface area contributed by atoms with Crippen LogP contribution in [0.5, 0.6) is 5.75 Å². The molecule has 0 bridgehead atoms. The summed E-state index contributed by atoms with van der Waals surface area (Å²) < 4.78 is 8.02. The molecule has 0 amide bonds. The van der Waals surface area contributed by atoms with Gasteiger partial charge in [0.15, 0.2) is 5.82 Å². The molecule has 1 aromatic heterocycles. The van der Waals surface area contributed by atoms with Crippen LogP contribution in [0.1, 0.15) is 25.3 Å². The summed E-state index contributed by atoms with van der Waals surface area (Å²) >= 11 is 3.50. The molecule has 0 fully saturated rings. The van der Waals surface area contributed by atoms with Crippen LogP contribution in [0.2, 0.25) is 0 Å². The van der Waals surface area contributed by atoms with Gasteiger partial charge in [-0.15, -0.1) is 0 Å². The number of hydrogen-bond acceptors (Lipinski definition) is 3. The van der Waals surface area contributed by atoms with E-state index in [1.54, 1.807) is 11.8 Å². The molecular formula is C14H18BrN3O. The molecule has 1 aromatic carbocycles. The molecule has 0 atom stereocenters. The summed E-state index contributed by atoms with van der Waals surface area (Å²) in [6, 6.07) is 6.20. The average Bonchev–Trinajstić information content (AvgIpc) is 2.62. The number of benzene rings is 1. The van der Waals surface area contributed by atoms with Gasteiger partial charge in [0.2, 0.25) is 0 Å². The summed E-state index contributed by atoms with van der Waals surface area (Å²) in [6.45, 7) is 4.33. The number of aryl methyl sites for hydroxylation is 1. The zero-order valence-corrected chi connectivity index (χ0v) is 13.2. The molecule has 0 aliphatic heterocycles. The highest BCUT2D eigenvalue weighted by Gasteiger charge is 2.18. The van der Waals surface area contributed by atoms with Crippen LogP contribution in [0.3, 0.4) is 0 Å². The van der Waals surface area contributed by atoms with E-state index in [-0.39, 0.29) is 0 Å². The van der Waals surface area contributed by atoms with Crippen molar-refractivity contribution in [2.75, 3.05) is 12.8 Å². The maximum atomic E-state index is 5.85. The molecule has 0 spiro atoms. The van der Waals surface area contributed by atoms with Gasteiger partial charge in [-0.1, -0.05) is 19.9 Å². The van der Waals surface area contributed by atoms with E-state index in [1.807, 2.05) is 13.1 Å². The summed E-state index contributed by atoms with van der Waals surface area (Å²) in [5, 5.41) is 4.23. The minimum atomic E-state index is 0.453. The Morgan fingerprint density at radius 3 is 2.53 bits per heavy atom. The lowest BCUT2D eigenvalue weighted by Crippen LogP contribution is -1.98. The second-order valence-electron chi connectivity index (χ2n) is 4.79. The molecule has 0 radical (unpaired) electrons. The summed E-state index contributed by atoms with van der Waals surface area (Å²) in [4.78, 5) is 0. The number of nitrogen functional groups attached to an aromatic ring is 1. The van der Waals surface area contributed by atoms with Gasteiger partial charge in [0, 0.05) is 12.6 Å². The Balaban J connectivity index is 2.68. The third-order valence-electron chi connectivity index (χ3n) is 3.16. The first-order chi connectivity index (χ1) is 8.95. The van der Waals surface area contributed by atoms with Crippen LogP contribution in [0.15, 0.2) is 22.7 Å². The fourth-order valence-corrected chi connectivity index (χ4v) is 2.63. The van der Waals surface area contributed by atoms with Gasteiger partial charge in [-0.05, 0) is 39.5 Å². The molecule has 2 rings (SSSR count). The lowest BCUT2D eigenvalue weighted by atomic mass is 9.99. The fourth-order valence-electron chi connectivity index (χ4n) is 2.08. The van der Waals surface area contributed by atoms with Gasteiger partial charge in [-0.3, -0.25) is 4.68 Å². The molecule has 0 aliphatic rings. The van der Waals surface area contributed by atoms with Crippen molar-refractivity contribution in [2.24, 2.45) is 7.05 Å². The maximum Gasteiger partial charge on any atom is 0.160 e. The van der Waals surface area contributed by atoms with Gasteiger partial charge < -0.3 is 10.5 Å². The number of ether oxygens (including phenoxy) is 1. The molecule has 5 heteroatoms. The van der Waals surface area contributed by atoms with E-state index >= 15 is 0 Å². The van der Waals surface area contributed by atoms with Gasteiger partial charge in [0.25, 0.3) is 0 Å². The highest BCUT2D eigenvalue weighted by molar-refractivity contribution is 9.10. The van der Waals surface area contributed by atoms with Crippen molar-refractivity contribution in [3.63, 3.8) is 0 Å². The third-order valence-corrected chi connectivity index (χ3v) is 3.94. The summed E-state index contributed by atoms with van der Waals surface area (Å²) in [5.74, 6) is 1.75. The lowest BCUT2D eigenvalue weighted by Gasteiger charge is -2.13. The highest BCUT2D eigenvalue weighted by atomic mass is 79.9. The molecule has 19 heavy (non-hydrogen) atoms. The Bertz CT molecular complexity index is 605. The number of methoxy groups -OCH3 is 1. The van der Waals surface area contributed by atoms with E-state index in [0.717, 1.165) is 21.5 Å². The molecule has 1 heterocycles. The second kappa shape index (κ2) is 5.25. The van der Waals surface area contributed by atoms with E-state index < -0.39 is 0 Å².